The molecular formula is C29H40ClN5O6S2. The smallest absolute Gasteiger partial charge is 0.302 e. The number of amides is 2. The zero-order chi connectivity index (χ0) is 30.7. The standard InChI is InChI=1S/C29H40ClN5O6S2/c1-20(36)41-14-13-32(2)23-9-12-33(17-23)18-24-5-3-11-35(24)27(37)19-34-10-4-6-25(29(34)38)31-43(39,40)28-16-21-15-22(30)7-8-26(21)42-28/h7-8,15-16,23-25,31H,3-6,9-14,17-19H2,1-2H3. The van der Waals surface area contributed by atoms with E-state index in [1.165, 1.54) is 11.8 Å². The van der Waals surface area contributed by atoms with Gasteiger partial charge in [-0.05, 0) is 75.3 Å². The van der Waals surface area contributed by atoms with Crippen LogP contribution in [-0.2, 0) is 29.1 Å². The minimum atomic E-state index is -3.93. The summed E-state index contributed by atoms with van der Waals surface area (Å²) >= 11 is 7.19. The largest absolute Gasteiger partial charge is 0.465 e. The van der Waals surface area contributed by atoms with Crippen molar-refractivity contribution in [3.8, 4) is 0 Å². The van der Waals surface area contributed by atoms with Gasteiger partial charge in [0, 0.05) is 61.5 Å². The Balaban J connectivity index is 1.14. The van der Waals surface area contributed by atoms with Crippen molar-refractivity contribution in [2.24, 2.45) is 0 Å². The van der Waals surface area contributed by atoms with Gasteiger partial charge in [-0.2, -0.15) is 4.72 Å². The molecule has 1 aromatic carbocycles. The van der Waals surface area contributed by atoms with Crippen LogP contribution in [0.5, 0.6) is 0 Å². The molecule has 2 amide bonds. The summed E-state index contributed by atoms with van der Waals surface area (Å²) in [5.74, 6) is -0.717. The number of hydrogen-bond donors (Lipinski definition) is 1. The molecule has 3 atom stereocenters. The second-order valence-corrected chi connectivity index (χ2v) is 15.2. The van der Waals surface area contributed by atoms with Crippen molar-refractivity contribution in [3.63, 3.8) is 0 Å². The number of benzene rings is 1. The number of likely N-dealkylation sites (N-methyl/N-ethyl adjacent to an activating group) is 1. The van der Waals surface area contributed by atoms with Crippen molar-refractivity contribution in [1.29, 1.82) is 0 Å². The number of ether oxygens (including phenoxy) is 1. The lowest BCUT2D eigenvalue weighted by atomic mass is 10.1. The average molecular weight is 654 g/mol. The Morgan fingerprint density at radius 2 is 1.93 bits per heavy atom. The van der Waals surface area contributed by atoms with E-state index in [1.807, 2.05) is 11.9 Å². The average Bonchev–Trinajstić information content (AvgIpc) is 3.71. The number of piperidine rings is 1. The Labute approximate surface area is 262 Å². The molecule has 0 bridgehead atoms. The zero-order valence-electron chi connectivity index (χ0n) is 24.7. The lowest BCUT2D eigenvalue weighted by Gasteiger charge is -2.35. The monoisotopic (exact) mass is 653 g/mol. The van der Waals surface area contributed by atoms with Gasteiger partial charge in [-0.3, -0.25) is 24.2 Å². The van der Waals surface area contributed by atoms with Gasteiger partial charge in [-0.15, -0.1) is 11.3 Å². The van der Waals surface area contributed by atoms with Gasteiger partial charge < -0.3 is 14.5 Å². The lowest BCUT2D eigenvalue weighted by Crippen LogP contribution is -2.55. The number of rotatable bonds is 11. The van der Waals surface area contributed by atoms with Crippen LogP contribution in [0.4, 0.5) is 0 Å². The SMILES string of the molecule is CC(=O)OCCN(C)C1CCN(CC2CCCN2C(=O)CN2CCCC(NS(=O)(=O)c3cc4cc(Cl)ccc4s3)C2=O)C1. The van der Waals surface area contributed by atoms with Gasteiger partial charge in [0.25, 0.3) is 10.0 Å². The maximum atomic E-state index is 13.4. The third-order valence-corrected chi connectivity index (χ3v) is 12.0. The van der Waals surface area contributed by atoms with Crippen molar-refractivity contribution in [1.82, 2.24) is 24.3 Å². The summed E-state index contributed by atoms with van der Waals surface area (Å²) in [6, 6.07) is 6.33. The molecule has 2 aromatic rings. The van der Waals surface area contributed by atoms with E-state index >= 15 is 0 Å². The maximum Gasteiger partial charge on any atom is 0.302 e. The zero-order valence-corrected chi connectivity index (χ0v) is 27.1. The molecule has 43 heavy (non-hydrogen) atoms. The van der Waals surface area contributed by atoms with Crippen LogP contribution in [0.15, 0.2) is 28.5 Å². The van der Waals surface area contributed by atoms with E-state index in [1.54, 1.807) is 24.3 Å². The van der Waals surface area contributed by atoms with Crippen LogP contribution in [0.3, 0.4) is 0 Å². The number of carbonyl (C=O) groups excluding carboxylic acids is 3. The van der Waals surface area contributed by atoms with Crippen LogP contribution in [0.2, 0.25) is 5.02 Å². The maximum absolute atomic E-state index is 13.4. The molecule has 3 aliphatic rings. The molecule has 11 nitrogen and oxygen atoms in total. The predicted octanol–water partition coefficient (Wildman–Crippen LogP) is 2.38. The quantitative estimate of drug-likeness (QED) is 0.367. The van der Waals surface area contributed by atoms with Gasteiger partial charge in [0.15, 0.2) is 0 Å². The number of nitrogens with one attached hydrogen (secondary N) is 1. The molecule has 1 aromatic heterocycles. The van der Waals surface area contributed by atoms with Gasteiger partial charge in [0.05, 0.1) is 6.54 Å². The van der Waals surface area contributed by atoms with E-state index in [0.717, 1.165) is 60.3 Å². The Morgan fingerprint density at radius 1 is 1.14 bits per heavy atom. The van der Waals surface area contributed by atoms with Crippen LogP contribution < -0.4 is 4.72 Å². The molecule has 3 unspecified atom stereocenters. The lowest BCUT2D eigenvalue weighted by molar-refractivity contribution is -0.143. The highest BCUT2D eigenvalue weighted by Crippen LogP contribution is 2.31. The van der Waals surface area contributed by atoms with Gasteiger partial charge in [0.1, 0.15) is 16.9 Å². The normalized spacial score (nSPS) is 23.5. The minimum absolute atomic E-state index is 0.0452. The van der Waals surface area contributed by atoms with Crippen LogP contribution in [0.1, 0.15) is 39.0 Å². The van der Waals surface area contributed by atoms with Gasteiger partial charge in [-0.1, -0.05) is 11.6 Å². The molecule has 0 saturated carbocycles. The number of esters is 1. The second kappa shape index (κ2) is 13.8. The number of carbonyl (C=O) groups is 3. The number of thiophene rings is 1. The molecule has 0 spiro atoms. The topological polar surface area (TPSA) is 120 Å². The van der Waals surface area contributed by atoms with Gasteiger partial charge in [0.2, 0.25) is 11.8 Å². The first-order valence-corrected chi connectivity index (χ1v) is 17.5. The van der Waals surface area contributed by atoms with Crippen LogP contribution >= 0.6 is 22.9 Å². The molecule has 1 N–H and O–H groups in total. The molecule has 236 valence electrons. The number of sulfonamides is 1. The molecule has 0 aliphatic carbocycles. The number of likely N-dealkylation sites (tertiary alicyclic amines) is 3. The first kappa shape index (κ1) is 32.1. The number of hydrogen-bond acceptors (Lipinski definition) is 9. The van der Waals surface area contributed by atoms with Crippen LogP contribution in [-0.4, -0.2) is 123 Å². The Hall–Kier alpha value is -2.29. The molecule has 5 rings (SSSR count). The fourth-order valence-corrected chi connectivity index (χ4v) is 9.13. The third-order valence-electron chi connectivity index (χ3n) is 8.66. The summed E-state index contributed by atoms with van der Waals surface area (Å²) in [6.45, 7) is 6.16. The first-order valence-electron chi connectivity index (χ1n) is 14.9. The summed E-state index contributed by atoms with van der Waals surface area (Å²) in [5.41, 5.74) is 0. The summed E-state index contributed by atoms with van der Waals surface area (Å²) in [7, 11) is -1.88. The summed E-state index contributed by atoms with van der Waals surface area (Å²) in [5, 5.41) is 1.26. The second-order valence-electron chi connectivity index (χ2n) is 11.7. The molecule has 4 heterocycles. The van der Waals surface area contributed by atoms with Gasteiger partial charge >= 0.3 is 5.97 Å². The number of fused-ring (bicyclic) bond motifs is 1. The van der Waals surface area contributed by atoms with Crippen molar-refractivity contribution >= 4 is 60.8 Å². The minimum Gasteiger partial charge on any atom is -0.465 e. The fourth-order valence-electron chi connectivity index (χ4n) is 6.33. The number of nitrogens with zero attached hydrogens (tertiary/aromatic N) is 4. The Bertz CT molecular complexity index is 1450. The third kappa shape index (κ3) is 7.87. The van der Waals surface area contributed by atoms with Crippen LogP contribution in [0, 0.1) is 0 Å². The van der Waals surface area contributed by atoms with E-state index < -0.39 is 16.1 Å². The molecule has 3 aliphatic heterocycles. The molecule has 14 heteroatoms. The Kier molecular flexibility index (Phi) is 10.3. The number of halogens is 1. The van der Waals surface area contributed by atoms with Gasteiger partial charge in [-0.25, -0.2) is 8.42 Å². The molecule has 3 saturated heterocycles. The van der Waals surface area contributed by atoms with E-state index in [9.17, 15) is 22.8 Å². The molecule has 0 radical (unpaired) electrons. The van der Waals surface area contributed by atoms with Crippen molar-refractivity contribution in [2.75, 3.05) is 59.5 Å². The molecule has 3 fully saturated rings. The highest BCUT2D eigenvalue weighted by Gasteiger charge is 2.37. The highest BCUT2D eigenvalue weighted by atomic mass is 35.5. The molecular weight excluding hydrogens is 614 g/mol. The van der Waals surface area contributed by atoms with Crippen molar-refractivity contribution in [3.05, 3.63) is 29.3 Å². The van der Waals surface area contributed by atoms with Crippen molar-refractivity contribution < 1.29 is 27.5 Å². The van der Waals surface area contributed by atoms with Crippen LogP contribution in [0.25, 0.3) is 10.1 Å². The first-order chi connectivity index (χ1) is 20.5. The Morgan fingerprint density at radius 3 is 2.72 bits per heavy atom. The fraction of sp³-hybridized carbons (Fsp3) is 0.621. The van der Waals surface area contributed by atoms with E-state index in [-0.39, 0.29) is 34.6 Å². The highest BCUT2D eigenvalue weighted by molar-refractivity contribution is 7.91. The predicted molar refractivity (Wildman–Crippen MR) is 166 cm³/mol. The van der Waals surface area contributed by atoms with Crippen molar-refractivity contribution in [2.45, 2.75) is 61.4 Å². The van der Waals surface area contributed by atoms with E-state index in [0.29, 0.717) is 50.1 Å². The van der Waals surface area contributed by atoms with E-state index in [4.69, 9.17) is 16.3 Å². The summed E-state index contributed by atoms with van der Waals surface area (Å²) in [4.78, 5) is 45.9. The summed E-state index contributed by atoms with van der Waals surface area (Å²) < 4.78 is 35.0. The summed E-state index contributed by atoms with van der Waals surface area (Å²) in [6.07, 6.45) is 3.86. The van der Waals surface area contributed by atoms with E-state index in [2.05, 4.69) is 14.5 Å².